The number of rotatable bonds is 3. The number of aromatic nitrogens is 2. The molecule has 94 valence electrons. The smallest absolute Gasteiger partial charge is 0.150 e. The molecule has 1 aromatic rings. The van der Waals surface area contributed by atoms with E-state index in [2.05, 4.69) is 27.1 Å². The molecule has 0 aromatic carbocycles. The van der Waals surface area contributed by atoms with E-state index in [1.165, 1.54) is 19.3 Å². The number of nitrogens with zero attached hydrogens (tertiary/aromatic N) is 3. The van der Waals surface area contributed by atoms with Gasteiger partial charge in [-0.05, 0) is 25.9 Å². The van der Waals surface area contributed by atoms with Gasteiger partial charge in [-0.25, -0.2) is 9.97 Å². The molecule has 0 bridgehead atoms. The molecule has 2 rings (SSSR count). The summed E-state index contributed by atoms with van der Waals surface area (Å²) in [5, 5.41) is 3.77. The molecule has 1 fully saturated rings. The molecular weight excluding hydrogens is 238 g/mol. The summed E-state index contributed by atoms with van der Waals surface area (Å²) in [7, 11) is 0. The van der Waals surface area contributed by atoms with Crippen molar-refractivity contribution in [1.29, 1.82) is 0 Å². The maximum atomic E-state index is 6.06. The number of halogens is 1. The molecule has 1 aliphatic heterocycles. The van der Waals surface area contributed by atoms with Crippen LogP contribution in [0.5, 0.6) is 0 Å². The molecule has 0 radical (unpaired) electrons. The van der Waals surface area contributed by atoms with Crippen LogP contribution >= 0.6 is 11.6 Å². The molecule has 6 heteroatoms. The van der Waals surface area contributed by atoms with Crippen LogP contribution in [0.15, 0.2) is 6.33 Å². The van der Waals surface area contributed by atoms with Gasteiger partial charge in [0.15, 0.2) is 5.82 Å². The fourth-order valence-electron chi connectivity index (χ4n) is 2.14. The average Bonchev–Trinajstić information content (AvgIpc) is 2.35. The van der Waals surface area contributed by atoms with Crippen LogP contribution in [-0.2, 0) is 0 Å². The van der Waals surface area contributed by atoms with Crippen LogP contribution in [0.4, 0.5) is 11.6 Å². The Labute approximate surface area is 106 Å². The van der Waals surface area contributed by atoms with Gasteiger partial charge in [0.05, 0.1) is 0 Å². The van der Waals surface area contributed by atoms with Gasteiger partial charge in [-0.15, -0.1) is 0 Å². The van der Waals surface area contributed by atoms with Gasteiger partial charge in [-0.2, -0.15) is 0 Å². The number of likely N-dealkylation sites (N-methyl/N-ethyl adjacent to an activating group) is 1. The van der Waals surface area contributed by atoms with Gasteiger partial charge in [0.1, 0.15) is 17.2 Å². The first-order valence-corrected chi connectivity index (χ1v) is 6.33. The number of hydrogen-bond acceptors (Lipinski definition) is 5. The van der Waals surface area contributed by atoms with Gasteiger partial charge in [-0.1, -0.05) is 18.5 Å². The normalized spacial score (nSPS) is 21.4. The topological polar surface area (TPSA) is 67.1 Å². The van der Waals surface area contributed by atoms with Crippen LogP contribution in [0.2, 0.25) is 5.02 Å². The van der Waals surface area contributed by atoms with E-state index in [1.54, 1.807) is 0 Å². The molecule has 3 N–H and O–H groups in total. The summed E-state index contributed by atoms with van der Waals surface area (Å²) in [6.45, 7) is 5.46. The zero-order valence-electron chi connectivity index (χ0n) is 9.99. The van der Waals surface area contributed by atoms with Crippen molar-refractivity contribution in [2.24, 2.45) is 0 Å². The van der Waals surface area contributed by atoms with Crippen molar-refractivity contribution >= 4 is 23.2 Å². The molecule has 0 unspecified atom stereocenters. The van der Waals surface area contributed by atoms with Crippen LogP contribution in [0.3, 0.4) is 0 Å². The molecule has 1 saturated heterocycles. The van der Waals surface area contributed by atoms with Crippen molar-refractivity contribution in [3.05, 3.63) is 11.3 Å². The average molecular weight is 256 g/mol. The molecule has 2 heterocycles. The van der Waals surface area contributed by atoms with Crippen LogP contribution in [0.25, 0.3) is 0 Å². The molecule has 0 saturated carbocycles. The number of anilines is 2. The minimum Gasteiger partial charge on any atom is -0.382 e. The second-order valence-corrected chi connectivity index (χ2v) is 4.68. The molecule has 5 nitrogen and oxygen atoms in total. The van der Waals surface area contributed by atoms with E-state index < -0.39 is 0 Å². The van der Waals surface area contributed by atoms with E-state index in [0.29, 0.717) is 22.7 Å². The van der Waals surface area contributed by atoms with E-state index in [1.807, 2.05) is 0 Å². The predicted octanol–water partition coefficient (Wildman–Crippen LogP) is 1.61. The summed E-state index contributed by atoms with van der Waals surface area (Å²) in [5.74, 6) is 0.967. The van der Waals surface area contributed by atoms with Gasteiger partial charge in [0.2, 0.25) is 0 Å². The zero-order chi connectivity index (χ0) is 12.3. The van der Waals surface area contributed by atoms with E-state index in [9.17, 15) is 0 Å². The van der Waals surface area contributed by atoms with Crippen LogP contribution in [0.1, 0.15) is 19.8 Å². The first-order chi connectivity index (χ1) is 8.20. The fourth-order valence-corrected chi connectivity index (χ4v) is 2.29. The van der Waals surface area contributed by atoms with E-state index >= 15 is 0 Å². The number of nitrogen functional groups attached to an aromatic ring is 1. The van der Waals surface area contributed by atoms with Crippen molar-refractivity contribution in [2.45, 2.75) is 25.8 Å². The summed E-state index contributed by atoms with van der Waals surface area (Å²) in [5.41, 5.74) is 5.65. The second-order valence-electron chi connectivity index (χ2n) is 4.30. The Morgan fingerprint density at radius 2 is 2.41 bits per heavy atom. The Balaban J connectivity index is 2.02. The highest BCUT2D eigenvalue weighted by molar-refractivity contribution is 6.35. The standard InChI is InChI=1S/C11H18ClN5/c1-2-17-5-3-4-8(6-17)16-11-9(12)10(13)14-7-15-11/h7-8H,2-6H2,1H3,(H3,13,14,15,16)/t8-/m1/s1. The van der Waals surface area contributed by atoms with E-state index in [4.69, 9.17) is 17.3 Å². The lowest BCUT2D eigenvalue weighted by Gasteiger charge is -2.32. The van der Waals surface area contributed by atoms with Crippen molar-refractivity contribution in [1.82, 2.24) is 14.9 Å². The molecule has 1 aliphatic rings. The maximum absolute atomic E-state index is 6.06. The summed E-state index contributed by atoms with van der Waals surface area (Å²) < 4.78 is 0. The lowest BCUT2D eigenvalue weighted by molar-refractivity contribution is 0.226. The number of hydrogen-bond donors (Lipinski definition) is 2. The summed E-state index contributed by atoms with van der Waals surface area (Å²) in [6.07, 6.45) is 3.77. The highest BCUT2D eigenvalue weighted by atomic mass is 35.5. The van der Waals surface area contributed by atoms with Gasteiger partial charge in [0.25, 0.3) is 0 Å². The first kappa shape index (κ1) is 12.4. The maximum Gasteiger partial charge on any atom is 0.150 e. The number of piperidine rings is 1. The monoisotopic (exact) mass is 255 g/mol. The fraction of sp³-hybridized carbons (Fsp3) is 0.636. The third kappa shape index (κ3) is 2.98. The quantitative estimate of drug-likeness (QED) is 0.859. The Morgan fingerprint density at radius 1 is 1.59 bits per heavy atom. The Kier molecular flexibility index (Phi) is 4.02. The number of nitrogens with two attached hydrogens (primary N) is 1. The van der Waals surface area contributed by atoms with Crippen molar-refractivity contribution < 1.29 is 0 Å². The minimum absolute atomic E-state index is 0.326. The van der Waals surface area contributed by atoms with E-state index in [-0.39, 0.29) is 0 Å². The predicted molar refractivity (Wildman–Crippen MR) is 70.2 cm³/mol. The Bertz CT molecular complexity index is 384. The van der Waals surface area contributed by atoms with Crippen LogP contribution in [-0.4, -0.2) is 40.5 Å². The molecular formula is C11H18ClN5. The molecule has 1 aromatic heterocycles. The summed E-state index contributed by atoms with van der Waals surface area (Å²) in [4.78, 5) is 10.4. The molecule has 0 amide bonds. The lowest BCUT2D eigenvalue weighted by Crippen LogP contribution is -2.42. The second kappa shape index (κ2) is 5.51. The van der Waals surface area contributed by atoms with Crippen molar-refractivity contribution in [2.75, 3.05) is 30.7 Å². The number of likely N-dealkylation sites (tertiary alicyclic amines) is 1. The highest BCUT2D eigenvalue weighted by Crippen LogP contribution is 2.25. The van der Waals surface area contributed by atoms with Gasteiger partial charge < -0.3 is 16.0 Å². The zero-order valence-corrected chi connectivity index (χ0v) is 10.7. The third-order valence-corrected chi connectivity index (χ3v) is 3.48. The van der Waals surface area contributed by atoms with Gasteiger partial charge in [-0.3, -0.25) is 0 Å². The molecule has 1 atom stereocenters. The Hall–Kier alpha value is -1.07. The van der Waals surface area contributed by atoms with Gasteiger partial charge in [0, 0.05) is 12.6 Å². The molecule has 0 aliphatic carbocycles. The Morgan fingerprint density at radius 3 is 3.18 bits per heavy atom. The van der Waals surface area contributed by atoms with Crippen LogP contribution < -0.4 is 11.1 Å². The van der Waals surface area contributed by atoms with Crippen molar-refractivity contribution in [3.8, 4) is 0 Å². The number of nitrogens with one attached hydrogen (secondary N) is 1. The minimum atomic E-state index is 0.326. The summed E-state index contributed by atoms with van der Waals surface area (Å²) >= 11 is 6.06. The SMILES string of the molecule is CCN1CCC[C@@H](Nc2ncnc(N)c2Cl)C1. The first-order valence-electron chi connectivity index (χ1n) is 5.95. The van der Waals surface area contributed by atoms with Crippen molar-refractivity contribution in [3.63, 3.8) is 0 Å². The van der Waals surface area contributed by atoms with Gasteiger partial charge >= 0.3 is 0 Å². The van der Waals surface area contributed by atoms with E-state index in [0.717, 1.165) is 19.5 Å². The largest absolute Gasteiger partial charge is 0.382 e. The highest BCUT2D eigenvalue weighted by Gasteiger charge is 2.20. The van der Waals surface area contributed by atoms with Crippen LogP contribution in [0, 0.1) is 0 Å². The molecule has 17 heavy (non-hydrogen) atoms. The third-order valence-electron chi connectivity index (χ3n) is 3.11. The lowest BCUT2D eigenvalue weighted by atomic mass is 10.1. The molecule has 0 spiro atoms. The summed E-state index contributed by atoms with van der Waals surface area (Å²) in [6, 6.07) is 0.385.